The molecule has 2 aromatic carbocycles. The van der Waals surface area contributed by atoms with E-state index < -0.39 is 36.7 Å². The summed E-state index contributed by atoms with van der Waals surface area (Å²) in [6.45, 7) is 0.123. The van der Waals surface area contributed by atoms with E-state index in [2.05, 4.69) is 41.5 Å². The van der Waals surface area contributed by atoms with Crippen molar-refractivity contribution in [2.75, 3.05) is 35.6 Å². The number of rotatable bonds is 4. The molecule has 7 rings (SSSR count). The Hall–Kier alpha value is -4.88. The molecule has 4 aliphatic rings. The monoisotopic (exact) mass is 540 g/mol. The fourth-order valence-electron chi connectivity index (χ4n) is 3.26. The van der Waals surface area contributed by atoms with Crippen molar-refractivity contribution < 1.29 is 27.9 Å². The van der Waals surface area contributed by atoms with Gasteiger partial charge in [-0.15, -0.1) is 0 Å². The minimum Gasteiger partial charge on any atom is -0.457 e. The highest BCUT2D eigenvalue weighted by Crippen LogP contribution is 2.22. The molecule has 204 valence electrons. The normalized spacial score (nSPS) is 14.6. The van der Waals surface area contributed by atoms with Crippen LogP contribution < -0.4 is 31.3 Å². The van der Waals surface area contributed by atoms with Gasteiger partial charge in [-0.05, 0) is 42.0 Å². The van der Waals surface area contributed by atoms with E-state index in [-0.39, 0.29) is 43.1 Å². The Morgan fingerprint density at radius 2 is 1.41 bits per heavy atom. The number of nitrogens with one attached hydrogen (secondary N) is 5. The van der Waals surface area contributed by atoms with E-state index in [1.54, 1.807) is 36.4 Å². The standard InChI is InChI=1S/C25H26F2N8O4/c1-2-25(26,27)14-39-24-34-22-30-11-15-3-7-17(8-4-15)31-20(37)13-28-19(36)12-29-21(38)16-5-9-18(10-6-16)32-23(33-22)35-24/h3-10H,2,11-14H2,1H3,(H,28,36)(H,29,38)(H,31,37)(H2,30,32,33,34,35). The number of carbonyl (C=O) groups is 3. The maximum absolute atomic E-state index is 13.8. The molecule has 5 heterocycles. The lowest BCUT2D eigenvalue weighted by molar-refractivity contribution is -0.123. The molecule has 0 saturated heterocycles. The highest BCUT2D eigenvalue weighted by Gasteiger charge is 2.28. The van der Waals surface area contributed by atoms with Crippen LogP contribution in [0.5, 0.6) is 6.01 Å². The first-order valence-corrected chi connectivity index (χ1v) is 12.0. The highest BCUT2D eigenvalue weighted by atomic mass is 19.3. The van der Waals surface area contributed by atoms with E-state index in [4.69, 9.17) is 4.74 Å². The maximum atomic E-state index is 13.8. The van der Waals surface area contributed by atoms with Crippen molar-refractivity contribution in [2.45, 2.75) is 25.8 Å². The van der Waals surface area contributed by atoms with Crippen molar-refractivity contribution in [3.8, 4) is 6.01 Å². The van der Waals surface area contributed by atoms with Crippen molar-refractivity contribution in [3.05, 3.63) is 59.7 Å². The Bertz CT molecular complexity index is 1340. The van der Waals surface area contributed by atoms with Crippen molar-refractivity contribution in [1.29, 1.82) is 0 Å². The molecule has 0 fully saturated rings. The average molecular weight is 541 g/mol. The molecule has 0 atom stereocenters. The van der Waals surface area contributed by atoms with Crippen LogP contribution in [0.4, 0.5) is 32.1 Å². The van der Waals surface area contributed by atoms with Gasteiger partial charge in [-0.3, -0.25) is 14.4 Å². The van der Waals surface area contributed by atoms with Gasteiger partial charge in [0.1, 0.15) is 0 Å². The number of benzene rings is 2. The van der Waals surface area contributed by atoms with E-state index >= 15 is 0 Å². The summed E-state index contributed by atoms with van der Waals surface area (Å²) in [4.78, 5) is 49.1. The van der Waals surface area contributed by atoms with Gasteiger partial charge in [0, 0.05) is 29.9 Å². The molecule has 4 aliphatic heterocycles. The van der Waals surface area contributed by atoms with E-state index in [1.807, 2.05) is 0 Å². The van der Waals surface area contributed by atoms with Crippen LogP contribution in [0.3, 0.4) is 0 Å². The highest BCUT2D eigenvalue weighted by molar-refractivity contribution is 5.98. The quantitative estimate of drug-likeness (QED) is 0.335. The van der Waals surface area contributed by atoms with Gasteiger partial charge >= 0.3 is 6.01 Å². The first kappa shape index (κ1) is 27.2. The Labute approximate surface area is 222 Å². The smallest absolute Gasteiger partial charge is 0.323 e. The van der Waals surface area contributed by atoms with Crippen molar-refractivity contribution in [1.82, 2.24) is 25.6 Å². The summed E-state index contributed by atoms with van der Waals surface area (Å²) in [6.07, 6.45) is -0.407. The molecule has 14 heteroatoms. The summed E-state index contributed by atoms with van der Waals surface area (Å²) < 4.78 is 32.7. The second-order valence-electron chi connectivity index (χ2n) is 8.52. The van der Waals surface area contributed by atoms with Crippen LogP contribution >= 0.6 is 0 Å². The third kappa shape index (κ3) is 8.05. The van der Waals surface area contributed by atoms with E-state index in [0.717, 1.165) is 5.56 Å². The van der Waals surface area contributed by atoms with Crippen LogP contribution in [-0.2, 0) is 16.1 Å². The molecule has 0 radical (unpaired) electrons. The molecule has 0 spiro atoms. The van der Waals surface area contributed by atoms with Crippen LogP contribution in [0, 0.1) is 0 Å². The number of carbonyl (C=O) groups excluding carboxylic acids is 3. The molecule has 39 heavy (non-hydrogen) atoms. The molecule has 1 aromatic heterocycles. The average Bonchev–Trinajstić information content (AvgIpc) is 2.93. The van der Waals surface area contributed by atoms with Gasteiger partial charge in [-0.25, -0.2) is 8.78 Å². The SMILES string of the molecule is CCC(F)(F)COc1nc2nc(n1)Nc1ccc(cc1)C(=O)NCC(=O)NCC(=O)Nc1ccc(cc1)CN2. The second kappa shape index (κ2) is 12.1. The van der Waals surface area contributed by atoms with Crippen molar-refractivity contribution in [3.63, 3.8) is 0 Å². The molecule has 6 bridgehead atoms. The molecule has 3 aromatic rings. The lowest BCUT2D eigenvalue weighted by Gasteiger charge is -2.15. The molecule has 5 N–H and O–H groups in total. The predicted molar refractivity (Wildman–Crippen MR) is 138 cm³/mol. The summed E-state index contributed by atoms with van der Waals surface area (Å²) in [6, 6.07) is 12.7. The summed E-state index contributed by atoms with van der Waals surface area (Å²) in [5.74, 6) is -4.42. The van der Waals surface area contributed by atoms with Gasteiger partial charge in [0.05, 0.1) is 13.1 Å². The minimum absolute atomic E-state index is 0.0244. The summed E-state index contributed by atoms with van der Waals surface area (Å²) in [7, 11) is 0. The van der Waals surface area contributed by atoms with Crippen LogP contribution in [-0.4, -0.2) is 58.3 Å². The van der Waals surface area contributed by atoms with Gasteiger partial charge in [-0.1, -0.05) is 19.1 Å². The van der Waals surface area contributed by atoms with Gasteiger partial charge in [-0.2, -0.15) is 15.0 Å². The van der Waals surface area contributed by atoms with Crippen LogP contribution in [0.2, 0.25) is 0 Å². The number of alkyl halides is 2. The third-order valence-corrected chi connectivity index (χ3v) is 5.49. The van der Waals surface area contributed by atoms with E-state index in [1.165, 1.54) is 19.1 Å². The largest absolute Gasteiger partial charge is 0.457 e. The fraction of sp³-hybridized carbons (Fsp3) is 0.280. The number of hydrogen-bond donors (Lipinski definition) is 5. The summed E-state index contributed by atoms with van der Waals surface area (Å²) in [5, 5.41) is 13.5. The maximum Gasteiger partial charge on any atom is 0.323 e. The third-order valence-electron chi connectivity index (χ3n) is 5.49. The minimum atomic E-state index is -3.05. The van der Waals surface area contributed by atoms with Gasteiger partial charge in [0.15, 0.2) is 6.61 Å². The number of amides is 3. The number of halogens is 2. The number of anilines is 4. The topological polar surface area (TPSA) is 159 Å². The summed E-state index contributed by atoms with van der Waals surface area (Å²) >= 11 is 0. The Morgan fingerprint density at radius 3 is 2.13 bits per heavy atom. The van der Waals surface area contributed by atoms with Crippen molar-refractivity contribution in [2.24, 2.45) is 0 Å². The van der Waals surface area contributed by atoms with Gasteiger partial charge in [0.2, 0.25) is 23.7 Å². The second-order valence-corrected chi connectivity index (χ2v) is 8.52. The summed E-state index contributed by atoms with van der Waals surface area (Å²) in [5.41, 5.74) is 2.09. The zero-order chi connectivity index (χ0) is 27.8. The van der Waals surface area contributed by atoms with E-state index in [0.29, 0.717) is 11.4 Å². The molecule has 3 amide bonds. The number of nitrogens with zero attached hydrogens (tertiary/aromatic N) is 3. The Morgan fingerprint density at radius 1 is 0.769 bits per heavy atom. The number of aromatic nitrogens is 3. The molecule has 0 unspecified atom stereocenters. The Balaban J connectivity index is 1.60. The van der Waals surface area contributed by atoms with Gasteiger partial charge in [0.25, 0.3) is 11.8 Å². The van der Waals surface area contributed by atoms with Crippen molar-refractivity contribution >= 4 is 41.0 Å². The lowest BCUT2D eigenvalue weighted by Crippen LogP contribution is -2.40. The Kier molecular flexibility index (Phi) is 8.43. The van der Waals surface area contributed by atoms with Crippen LogP contribution in [0.15, 0.2) is 48.5 Å². The molecule has 12 nitrogen and oxygen atoms in total. The fourth-order valence-corrected chi connectivity index (χ4v) is 3.26. The predicted octanol–water partition coefficient (Wildman–Crippen LogP) is 2.45. The van der Waals surface area contributed by atoms with E-state index in [9.17, 15) is 23.2 Å². The molecular formula is C25H26F2N8O4. The molecule has 0 saturated carbocycles. The molecular weight excluding hydrogens is 514 g/mol. The first-order valence-electron chi connectivity index (χ1n) is 12.0. The van der Waals surface area contributed by atoms with Gasteiger partial charge < -0.3 is 31.3 Å². The lowest BCUT2D eigenvalue weighted by atomic mass is 10.2. The van der Waals surface area contributed by atoms with Crippen LogP contribution in [0.25, 0.3) is 0 Å². The van der Waals surface area contributed by atoms with Crippen LogP contribution in [0.1, 0.15) is 29.3 Å². The zero-order valence-corrected chi connectivity index (χ0v) is 20.9. The molecule has 0 aliphatic carbocycles. The number of ether oxygens (including phenoxy) is 1. The number of hydrogen-bond acceptors (Lipinski definition) is 9. The first-order chi connectivity index (χ1) is 18.7. The zero-order valence-electron chi connectivity index (χ0n) is 20.9.